The Labute approximate surface area is 107 Å². The zero-order chi connectivity index (χ0) is 12.9. The molecule has 0 aromatic carbocycles. The largest absolute Gasteiger partial charge is 0.330 e. The summed E-state index contributed by atoms with van der Waals surface area (Å²) < 4.78 is 26.7. The van der Waals surface area contributed by atoms with Gasteiger partial charge in [-0.2, -0.15) is 0 Å². The molecule has 3 N–H and O–H groups in total. The van der Waals surface area contributed by atoms with Gasteiger partial charge in [0.05, 0.1) is 0 Å². The van der Waals surface area contributed by atoms with Crippen LogP contribution in [0.25, 0.3) is 0 Å². The van der Waals surface area contributed by atoms with Crippen LogP contribution in [-0.4, -0.2) is 47.0 Å². The molecular weight excluding hydrogens is 258 g/mol. The van der Waals surface area contributed by atoms with Crippen molar-refractivity contribution in [1.82, 2.24) is 9.62 Å². The Morgan fingerprint density at radius 3 is 2.71 bits per heavy atom. The summed E-state index contributed by atoms with van der Waals surface area (Å²) in [4.78, 5) is 2.93. The monoisotopic (exact) mass is 277 g/mol. The van der Waals surface area contributed by atoms with Gasteiger partial charge in [-0.15, -0.1) is 11.3 Å². The number of rotatable bonds is 7. The lowest BCUT2D eigenvalue weighted by atomic mass is 10.3. The van der Waals surface area contributed by atoms with E-state index in [1.807, 2.05) is 25.1 Å². The minimum absolute atomic E-state index is 0.361. The first kappa shape index (κ1) is 14.6. The summed E-state index contributed by atoms with van der Waals surface area (Å²) in [6.45, 7) is 1.63. The molecule has 7 heteroatoms. The maximum Gasteiger partial charge on any atom is 0.250 e. The van der Waals surface area contributed by atoms with E-state index in [4.69, 9.17) is 5.73 Å². The van der Waals surface area contributed by atoms with Crippen LogP contribution >= 0.6 is 11.3 Å². The average molecular weight is 277 g/mol. The molecule has 0 aliphatic heterocycles. The van der Waals surface area contributed by atoms with Crippen LogP contribution in [0.3, 0.4) is 0 Å². The molecule has 0 amide bonds. The van der Waals surface area contributed by atoms with Gasteiger partial charge in [0, 0.05) is 18.0 Å². The molecule has 0 saturated carbocycles. The molecule has 0 unspecified atom stereocenters. The Balaban J connectivity index is 2.62. The van der Waals surface area contributed by atoms with Crippen LogP contribution in [0.15, 0.2) is 16.3 Å². The van der Waals surface area contributed by atoms with Crippen LogP contribution in [-0.2, 0) is 16.4 Å². The topological polar surface area (TPSA) is 75.4 Å². The van der Waals surface area contributed by atoms with E-state index in [9.17, 15) is 8.42 Å². The van der Waals surface area contributed by atoms with Gasteiger partial charge >= 0.3 is 0 Å². The number of nitrogens with one attached hydrogen (secondary N) is 1. The first-order chi connectivity index (χ1) is 7.95. The van der Waals surface area contributed by atoms with Gasteiger partial charge in [-0.25, -0.2) is 13.1 Å². The maximum absolute atomic E-state index is 11.9. The average Bonchev–Trinajstić information content (AvgIpc) is 2.66. The summed E-state index contributed by atoms with van der Waals surface area (Å²) in [6, 6.07) is 3.45. The molecule has 0 spiro atoms. The third kappa shape index (κ3) is 4.72. The molecule has 17 heavy (non-hydrogen) atoms. The molecule has 1 aromatic heterocycles. The van der Waals surface area contributed by atoms with Crippen molar-refractivity contribution in [3.05, 3.63) is 17.0 Å². The maximum atomic E-state index is 11.9. The van der Waals surface area contributed by atoms with Crippen LogP contribution < -0.4 is 10.5 Å². The highest BCUT2D eigenvalue weighted by Crippen LogP contribution is 2.21. The van der Waals surface area contributed by atoms with Gasteiger partial charge < -0.3 is 10.6 Å². The first-order valence-corrected chi connectivity index (χ1v) is 7.69. The molecule has 1 aromatic rings. The summed E-state index contributed by atoms with van der Waals surface area (Å²) in [5, 5.41) is 0. The third-order valence-electron chi connectivity index (χ3n) is 2.14. The molecule has 0 bridgehead atoms. The predicted octanol–water partition coefficient (Wildman–Crippen LogP) is 0.0892. The second-order valence-electron chi connectivity index (χ2n) is 3.96. The van der Waals surface area contributed by atoms with E-state index in [0.717, 1.165) is 11.3 Å². The fraction of sp³-hybridized carbons (Fsp3) is 0.600. The fourth-order valence-electron chi connectivity index (χ4n) is 1.25. The smallest absolute Gasteiger partial charge is 0.250 e. The van der Waals surface area contributed by atoms with Crippen LogP contribution in [0.1, 0.15) is 4.88 Å². The Morgan fingerprint density at radius 1 is 1.41 bits per heavy atom. The number of thiophene rings is 1. The van der Waals surface area contributed by atoms with Crippen molar-refractivity contribution >= 4 is 21.4 Å². The van der Waals surface area contributed by atoms with Gasteiger partial charge in [-0.3, -0.25) is 0 Å². The molecule has 0 radical (unpaired) electrons. The molecule has 0 fully saturated rings. The second kappa shape index (κ2) is 6.46. The number of hydrogen-bond acceptors (Lipinski definition) is 5. The van der Waals surface area contributed by atoms with E-state index >= 15 is 0 Å². The van der Waals surface area contributed by atoms with Crippen LogP contribution in [0.5, 0.6) is 0 Å². The van der Waals surface area contributed by atoms with Crippen LogP contribution in [0.2, 0.25) is 0 Å². The summed E-state index contributed by atoms with van der Waals surface area (Å²) in [7, 11) is 0.451. The van der Waals surface area contributed by atoms with Crippen LogP contribution in [0.4, 0.5) is 0 Å². The molecule has 0 atom stereocenters. The number of nitrogens with zero attached hydrogens (tertiary/aromatic N) is 1. The number of nitrogens with two attached hydrogens (primary N) is 1. The quantitative estimate of drug-likeness (QED) is 0.740. The normalized spacial score (nSPS) is 12.2. The Kier molecular flexibility index (Phi) is 5.54. The van der Waals surface area contributed by atoms with Gasteiger partial charge in [-0.05, 0) is 39.2 Å². The lowest BCUT2D eigenvalue weighted by Gasteiger charge is -2.09. The first-order valence-electron chi connectivity index (χ1n) is 5.39. The Bertz CT molecular complexity index is 440. The SMILES string of the molecule is CN(C)CCNS(=O)(=O)c1ccc(CCN)s1. The van der Waals surface area contributed by atoms with E-state index in [-0.39, 0.29) is 0 Å². The third-order valence-corrected chi connectivity index (χ3v) is 5.24. The van der Waals surface area contributed by atoms with Crippen molar-refractivity contribution in [2.45, 2.75) is 10.6 Å². The second-order valence-corrected chi connectivity index (χ2v) is 7.12. The molecule has 98 valence electrons. The highest BCUT2D eigenvalue weighted by Gasteiger charge is 2.15. The fourth-order valence-corrected chi connectivity index (χ4v) is 3.69. The molecular formula is C10H19N3O2S2. The van der Waals surface area contributed by atoms with Crippen molar-refractivity contribution < 1.29 is 8.42 Å². The van der Waals surface area contributed by atoms with Gasteiger partial charge in [0.1, 0.15) is 4.21 Å². The van der Waals surface area contributed by atoms with E-state index in [2.05, 4.69) is 4.72 Å². The minimum atomic E-state index is -3.35. The molecule has 0 aliphatic carbocycles. The van der Waals surface area contributed by atoms with E-state index in [1.165, 1.54) is 11.3 Å². The van der Waals surface area contributed by atoms with Crippen molar-refractivity contribution in [3.8, 4) is 0 Å². The molecule has 1 rings (SSSR count). The lowest BCUT2D eigenvalue weighted by Crippen LogP contribution is -2.30. The highest BCUT2D eigenvalue weighted by atomic mass is 32.2. The van der Waals surface area contributed by atoms with Crippen molar-refractivity contribution in [2.75, 3.05) is 33.7 Å². The number of sulfonamides is 1. The van der Waals surface area contributed by atoms with E-state index in [0.29, 0.717) is 23.8 Å². The van der Waals surface area contributed by atoms with Gasteiger partial charge in [0.2, 0.25) is 10.0 Å². The minimum Gasteiger partial charge on any atom is -0.330 e. The van der Waals surface area contributed by atoms with Crippen molar-refractivity contribution in [2.24, 2.45) is 5.73 Å². The van der Waals surface area contributed by atoms with Crippen LogP contribution in [0, 0.1) is 0 Å². The predicted molar refractivity (Wildman–Crippen MR) is 70.8 cm³/mol. The van der Waals surface area contributed by atoms with E-state index < -0.39 is 10.0 Å². The number of hydrogen-bond donors (Lipinski definition) is 2. The summed E-state index contributed by atoms with van der Waals surface area (Å²) in [5.74, 6) is 0. The zero-order valence-corrected chi connectivity index (χ0v) is 11.8. The molecule has 5 nitrogen and oxygen atoms in total. The van der Waals surface area contributed by atoms with Crippen molar-refractivity contribution in [3.63, 3.8) is 0 Å². The van der Waals surface area contributed by atoms with Gasteiger partial charge in [0.15, 0.2) is 0 Å². The van der Waals surface area contributed by atoms with E-state index in [1.54, 1.807) is 6.07 Å². The Morgan fingerprint density at radius 2 is 2.12 bits per heavy atom. The Hall–Kier alpha value is -0.470. The number of likely N-dealkylation sites (N-methyl/N-ethyl adjacent to an activating group) is 1. The van der Waals surface area contributed by atoms with Gasteiger partial charge in [0.25, 0.3) is 0 Å². The summed E-state index contributed by atoms with van der Waals surface area (Å²) in [5.41, 5.74) is 5.43. The zero-order valence-electron chi connectivity index (χ0n) is 10.1. The summed E-state index contributed by atoms with van der Waals surface area (Å²) >= 11 is 1.28. The van der Waals surface area contributed by atoms with Crippen molar-refractivity contribution in [1.29, 1.82) is 0 Å². The highest BCUT2D eigenvalue weighted by molar-refractivity contribution is 7.91. The lowest BCUT2D eigenvalue weighted by molar-refractivity contribution is 0.412. The van der Waals surface area contributed by atoms with Gasteiger partial charge in [-0.1, -0.05) is 0 Å². The molecule has 1 heterocycles. The standard InChI is InChI=1S/C10H19N3O2S2/c1-13(2)8-7-12-17(14,15)10-4-3-9(16-10)5-6-11/h3-4,12H,5-8,11H2,1-2H3. The summed E-state index contributed by atoms with van der Waals surface area (Å²) in [6.07, 6.45) is 0.720. The molecule has 0 aliphatic rings. The molecule has 0 saturated heterocycles.